The van der Waals surface area contributed by atoms with E-state index < -0.39 is 17.0 Å². The zero-order valence-corrected chi connectivity index (χ0v) is 19.9. The van der Waals surface area contributed by atoms with Gasteiger partial charge in [0, 0.05) is 26.2 Å². The van der Waals surface area contributed by atoms with E-state index in [1.165, 1.54) is 15.8 Å². The van der Waals surface area contributed by atoms with Crippen molar-refractivity contribution in [2.24, 2.45) is 0 Å². The summed E-state index contributed by atoms with van der Waals surface area (Å²) in [5.74, 6) is -0.215. The van der Waals surface area contributed by atoms with Gasteiger partial charge in [0.15, 0.2) is 10.7 Å². The number of nitrogens with one attached hydrogen (secondary N) is 3. The molecular formula is C20H17Cl3N8O3. The Morgan fingerprint density at radius 1 is 1.18 bits per heavy atom. The first kappa shape index (κ1) is 23.7. The number of fused-ring (bicyclic) bond motifs is 1. The van der Waals surface area contributed by atoms with Crippen LogP contribution in [0.1, 0.15) is 15.9 Å². The second-order valence-corrected chi connectivity index (χ2v) is 8.45. The summed E-state index contributed by atoms with van der Waals surface area (Å²) >= 11 is 17.9. The van der Waals surface area contributed by atoms with Gasteiger partial charge in [-0.2, -0.15) is 10.2 Å². The third-order valence-electron chi connectivity index (χ3n) is 4.93. The number of aromatic amines is 2. The third-order valence-corrected chi connectivity index (χ3v) is 5.96. The average Bonchev–Trinajstić information content (AvgIpc) is 3.23. The van der Waals surface area contributed by atoms with Gasteiger partial charge in [-0.05, 0) is 17.7 Å². The van der Waals surface area contributed by atoms with Crippen LogP contribution in [0.4, 0.5) is 5.95 Å². The number of benzene rings is 1. The first-order chi connectivity index (χ1) is 16.2. The van der Waals surface area contributed by atoms with E-state index in [1.807, 2.05) is 6.07 Å². The molecule has 3 N–H and O–H groups in total. The summed E-state index contributed by atoms with van der Waals surface area (Å²) in [6.07, 6.45) is 1.47. The van der Waals surface area contributed by atoms with Crippen LogP contribution in [-0.2, 0) is 13.1 Å². The van der Waals surface area contributed by atoms with Crippen molar-refractivity contribution >= 4 is 57.7 Å². The predicted molar refractivity (Wildman–Crippen MR) is 129 cm³/mol. The standard InChI is InChI=1S/C20H17Cl3N8O3/c1-30(19(34)11-7-15(32)28-29-17(11)23)4-5-31-16-14(9-25-31)26-20(27-18(16)33)24-8-10-2-3-12(21)13(22)6-10/h2-3,6-7,9H,4-5,8H2,1H3,(H,28,32)(H2,24,26,27,33). The van der Waals surface area contributed by atoms with Crippen molar-refractivity contribution in [2.75, 3.05) is 18.9 Å². The Hall–Kier alpha value is -3.41. The van der Waals surface area contributed by atoms with Gasteiger partial charge in [0.25, 0.3) is 17.0 Å². The van der Waals surface area contributed by atoms with Gasteiger partial charge in [-0.3, -0.25) is 24.0 Å². The quantitative estimate of drug-likeness (QED) is 0.338. The van der Waals surface area contributed by atoms with Crippen LogP contribution in [-0.4, -0.2) is 54.3 Å². The zero-order valence-electron chi connectivity index (χ0n) is 17.6. The average molecular weight is 524 g/mol. The Morgan fingerprint density at radius 3 is 2.74 bits per heavy atom. The normalized spacial score (nSPS) is 11.1. The molecule has 0 aliphatic rings. The van der Waals surface area contributed by atoms with E-state index >= 15 is 0 Å². The van der Waals surface area contributed by atoms with Gasteiger partial charge in [-0.25, -0.2) is 10.1 Å². The topological polar surface area (TPSA) is 142 Å². The van der Waals surface area contributed by atoms with Crippen molar-refractivity contribution in [2.45, 2.75) is 13.1 Å². The van der Waals surface area contributed by atoms with Gasteiger partial charge in [0.05, 0.1) is 28.4 Å². The van der Waals surface area contributed by atoms with E-state index in [0.29, 0.717) is 22.1 Å². The fourth-order valence-electron chi connectivity index (χ4n) is 3.18. The Kier molecular flexibility index (Phi) is 6.87. The second kappa shape index (κ2) is 9.84. The van der Waals surface area contributed by atoms with Gasteiger partial charge < -0.3 is 10.2 Å². The molecule has 0 atom stereocenters. The Labute approximate surface area is 206 Å². The van der Waals surface area contributed by atoms with E-state index in [-0.39, 0.29) is 35.3 Å². The molecule has 0 aliphatic heterocycles. The first-order valence-corrected chi connectivity index (χ1v) is 11.0. The zero-order chi connectivity index (χ0) is 24.4. The number of rotatable bonds is 7. The Balaban J connectivity index is 1.46. The number of carbonyl (C=O) groups is 1. The van der Waals surface area contributed by atoms with Gasteiger partial charge in [-0.15, -0.1) is 0 Å². The molecule has 0 fully saturated rings. The number of anilines is 1. The second-order valence-electron chi connectivity index (χ2n) is 7.28. The first-order valence-electron chi connectivity index (χ1n) is 9.87. The molecule has 3 heterocycles. The van der Waals surface area contributed by atoms with Gasteiger partial charge in [-0.1, -0.05) is 40.9 Å². The molecule has 0 bridgehead atoms. The van der Waals surface area contributed by atoms with Crippen molar-refractivity contribution in [3.05, 3.63) is 77.5 Å². The highest BCUT2D eigenvalue weighted by Gasteiger charge is 2.18. The number of hydrogen-bond donors (Lipinski definition) is 3. The fraction of sp³-hybridized carbons (Fsp3) is 0.200. The maximum Gasteiger partial charge on any atom is 0.278 e. The molecule has 0 radical (unpaired) electrons. The maximum atomic E-state index is 12.7. The number of H-pyrrole nitrogens is 2. The number of nitrogens with zero attached hydrogens (tertiary/aromatic N) is 5. The Morgan fingerprint density at radius 2 is 1.97 bits per heavy atom. The summed E-state index contributed by atoms with van der Waals surface area (Å²) in [6.45, 7) is 0.766. The number of likely N-dealkylation sites (N-methyl/N-ethyl adjacent to an activating group) is 1. The van der Waals surface area contributed by atoms with E-state index in [4.69, 9.17) is 34.8 Å². The molecule has 0 aliphatic carbocycles. The molecule has 34 heavy (non-hydrogen) atoms. The maximum absolute atomic E-state index is 12.7. The number of amides is 1. The minimum atomic E-state index is -0.541. The number of carbonyl (C=O) groups excluding carboxylic acids is 1. The molecule has 0 unspecified atom stereocenters. The molecule has 1 amide bonds. The molecule has 1 aromatic carbocycles. The lowest BCUT2D eigenvalue weighted by molar-refractivity contribution is 0.0789. The molecule has 4 rings (SSSR count). The molecule has 0 spiro atoms. The Bertz CT molecular complexity index is 1500. The summed E-state index contributed by atoms with van der Waals surface area (Å²) < 4.78 is 1.45. The lowest BCUT2D eigenvalue weighted by Crippen LogP contribution is -2.32. The smallest absolute Gasteiger partial charge is 0.278 e. The van der Waals surface area contributed by atoms with Crippen LogP contribution in [0, 0.1) is 0 Å². The molecular weight excluding hydrogens is 507 g/mol. The number of hydrogen-bond acceptors (Lipinski definition) is 7. The highest BCUT2D eigenvalue weighted by molar-refractivity contribution is 6.42. The van der Waals surface area contributed by atoms with Crippen LogP contribution in [0.25, 0.3) is 11.0 Å². The summed E-state index contributed by atoms with van der Waals surface area (Å²) in [4.78, 5) is 45.2. The fourth-order valence-corrected chi connectivity index (χ4v) is 3.68. The summed E-state index contributed by atoms with van der Waals surface area (Å²) in [5, 5.41) is 13.8. The molecule has 3 aromatic heterocycles. The molecule has 0 saturated heterocycles. The highest BCUT2D eigenvalue weighted by Crippen LogP contribution is 2.23. The third kappa shape index (κ3) is 5.06. The van der Waals surface area contributed by atoms with E-state index in [9.17, 15) is 14.4 Å². The van der Waals surface area contributed by atoms with Crippen molar-refractivity contribution in [3.63, 3.8) is 0 Å². The van der Waals surface area contributed by atoms with Crippen molar-refractivity contribution in [3.8, 4) is 0 Å². The summed E-state index contributed by atoms with van der Waals surface area (Å²) in [5.41, 5.74) is 0.551. The SMILES string of the molecule is CN(CCn1ncc2nc(NCc3ccc(Cl)c(Cl)c3)[nH]c(=O)c21)C(=O)c1cc(=O)[nH]nc1Cl. The van der Waals surface area contributed by atoms with Crippen LogP contribution in [0.2, 0.25) is 15.2 Å². The molecule has 0 saturated carbocycles. The minimum Gasteiger partial charge on any atom is -0.352 e. The van der Waals surface area contributed by atoms with Crippen LogP contribution < -0.4 is 16.4 Å². The van der Waals surface area contributed by atoms with Crippen molar-refractivity contribution < 1.29 is 4.79 Å². The number of aromatic nitrogens is 6. The van der Waals surface area contributed by atoms with Crippen LogP contribution >= 0.6 is 34.8 Å². The van der Waals surface area contributed by atoms with Crippen molar-refractivity contribution in [1.82, 2.24) is 34.8 Å². The van der Waals surface area contributed by atoms with Crippen LogP contribution in [0.5, 0.6) is 0 Å². The lowest BCUT2D eigenvalue weighted by Gasteiger charge is -2.17. The monoisotopic (exact) mass is 522 g/mol. The van der Waals surface area contributed by atoms with Gasteiger partial charge in [0.1, 0.15) is 5.52 Å². The molecule has 11 nitrogen and oxygen atoms in total. The minimum absolute atomic E-state index is 0.0181. The van der Waals surface area contributed by atoms with E-state index in [1.54, 1.807) is 19.2 Å². The highest BCUT2D eigenvalue weighted by atomic mass is 35.5. The molecule has 14 heteroatoms. The van der Waals surface area contributed by atoms with Gasteiger partial charge >= 0.3 is 0 Å². The van der Waals surface area contributed by atoms with Crippen molar-refractivity contribution in [1.29, 1.82) is 0 Å². The van der Waals surface area contributed by atoms with Crippen LogP contribution in [0.15, 0.2) is 40.1 Å². The number of halogens is 3. The van der Waals surface area contributed by atoms with E-state index in [0.717, 1.165) is 11.6 Å². The summed E-state index contributed by atoms with van der Waals surface area (Å²) in [7, 11) is 1.54. The predicted octanol–water partition coefficient (Wildman–Crippen LogP) is 2.55. The van der Waals surface area contributed by atoms with E-state index in [2.05, 4.69) is 30.6 Å². The molecule has 176 valence electrons. The van der Waals surface area contributed by atoms with Crippen LogP contribution in [0.3, 0.4) is 0 Å². The molecule has 4 aromatic rings. The lowest BCUT2D eigenvalue weighted by atomic mass is 10.2. The van der Waals surface area contributed by atoms with Gasteiger partial charge in [0.2, 0.25) is 5.95 Å². The largest absolute Gasteiger partial charge is 0.352 e. The summed E-state index contributed by atoms with van der Waals surface area (Å²) in [6, 6.07) is 6.30.